The van der Waals surface area contributed by atoms with Crippen molar-refractivity contribution in [3.05, 3.63) is 240 Å². The second kappa shape index (κ2) is 15.7. The van der Waals surface area contributed by atoms with Gasteiger partial charge in [-0.25, -0.2) is 0 Å². The van der Waals surface area contributed by atoms with Gasteiger partial charge in [-0.05, 0) is 175 Å². The summed E-state index contributed by atoms with van der Waals surface area (Å²) < 4.78 is 0. The molecule has 0 amide bonds. The van der Waals surface area contributed by atoms with Gasteiger partial charge in [-0.3, -0.25) is 0 Å². The molecule has 0 radical (unpaired) electrons. The average Bonchev–Trinajstić information content (AvgIpc) is 3.75. The molecule has 324 valence electrons. The molecule has 0 saturated carbocycles. The van der Waals surface area contributed by atoms with Crippen molar-refractivity contribution >= 4 is 55.7 Å². The molecular weight excluding hydrogens is 809 g/mol. The lowest BCUT2D eigenvalue weighted by Crippen LogP contribution is -2.17. The molecule has 0 fully saturated rings. The summed E-state index contributed by atoms with van der Waals surface area (Å²) in [6, 6.07) is 76.7. The highest BCUT2D eigenvalue weighted by Crippen LogP contribution is 2.57. The summed E-state index contributed by atoms with van der Waals surface area (Å²) in [5.74, 6) is 0.610. The van der Waals surface area contributed by atoms with Crippen LogP contribution in [0.3, 0.4) is 0 Å². The lowest BCUT2D eigenvalue weighted by atomic mass is 9.81. The number of nitrogens with zero attached hydrogens (tertiary/aromatic N) is 2. The molecule has 2 heteroatoms. The Kier molecular flexibility index (Phi) is 9.59. The lowest BCUT2D eigenvalue weighted by molar-refractivity contribution is 0.660. The summed E-state index contributed by atoms with van der Waals surface area (Å²) >= 11 is 0. The summed E-state index contributed by atoms with van der Waals surface area (Å²) in [6.45, 7) is 14.3. The topological polar surface area (TPSA) is 6.48 Å². The third kappa shape index (κ3) is 6.53. The number of fused-ring (bicyclic) bond motifs is 8. The number of para-hydroxylation sites is 2. The Hall–Kier alpha value is -7.68. The maximum atomic E-state index is 2.56. The monoisotopic (exact) mass is 862 g/mol. The van der Waals surface area contributed by atoms with Gasteiger partial charge < -0.3 is 9.80 Å². The van der Waals surface area contributed by atoms with Gasteiger partial charge in [0.15, 0.2) is 0 Å². The van der Waals surface area contributed by atoms with E-state index in [0.29, 0.717) is 5.92 Å². The Morgan fingerprint density at radius 1 is 0.403 bits per heavy atom. The fourth-order valence-corrected chi connectivity index (χ4v) is 11.5. The Balaban J connectivity index is 0.935. The van der Waals surface area contributed by atoms with Crippen molar-refractivity contribution in [3.63, 3.8) is 0 Å². The van der Waals surface area contributed by atoms with Crippen LogP contribution in [-0.2, 0) is 5.41 Å². The van der Waals surface area contributed by atoms with Crippen molar-refractivity contribution in [2.75, 3.05) is 9.80 Å². The van der Waals surface area contributed by atoms with Gasteiger partial charge in [0, 0.05) is 44.9 Å². The van der Waals surface area contributed by atoms with E-state index >= 15 is 0 Å². The molecule has 10 aromatic rings. The largest absolute Gasteiger partial charge is 0.310 e. The van der Waals surface area contributed by atoms with Crippen LogP contribution in [0.5, 0.6) is 0 Å². The van der Waals surface area contributed by atoms with Crippen molar-refractivity contribution in [2.45, 2.75) is 58.8 Å². The van der Waals surface area contributed by atoms with E-state index in [4.69, 9.17) is 0 Å². The molecule has 0 bridgehead atoms. The van der Waals surface area contributed by atoms with Crippen LogP contribution in [0.1, 0.15) is 79.8 Å². The van der Waals surface area contributed by atoms with Crippen molar-refractivity contribution < 1.29 is 0 Å². The number of hydrogen-bond donors (Lipinski definition) is 0. The molecule has 12 rings (SSSR count). The molecule has 0 N–H and O–H groups in total. The zero-order valence-corrected chi connectivity index (χ0v) is 39.2. The molecular formula is C65H54N2. The highest BCUT2D eigenvalue weighted by atomic mass is 15.1. The highest BCUT2D eigenvalue weighted by molar-refractivity contribution is 6.01. The predicted molar refractivity (Wildman–Crippen MR) is 286 cm³/mol. The molecule has 1 atom stereocenters. The highest BCUT2D eigenvalue weighted by Gasteiger charge is 2.39. The van der Waals surface area contributed by atoms with E-state index in [1.165, 1.54) is 105 Å². The van der Waals surface area contributed by atoms with Crippen LogP contribution in [0.2, 0.25) is 0 Å². The summed E-state index contributed by atoms with van der Waals surface area (Å²) in [7, 11) is 0. The van der Waals surface area contributed by atoms with Crippen LogP contribution in [0.15, 0.2) is 206 Å². The quantitative estimate of drug-likeness (QED) is 0.150. The first-order valence-electron chi connectivity index (χ1n) is 23.9. The number of anilines is 6. The standard InChI is InChI=1S/C65H54N2/c1-41(2)54-37-58-55(38-57(54)50-33-31-48(35-42(50)3)66(46-23-9-7-10-24-46)63-29-17-21-44-19-13-15-27-51(44)63)43(4)56-39-60-53-34-32-49(36-61(53)65(5,6)62(60)40-59(56)58)67(47-25-11-8-12-26-47)64-30-18-22-45-20-14-16-28-52(45)64/h7-41,43H,1-6H3. The van der Waals surface area contributed by atoms with Crippen molar-refractivity contribution in [1.82, 2.24) is 0 Å². The number of hydrogen-bond acceptors (Lipinski definition) is 2. The molecule has 0 aromatic heterocycles. The molecule has 0 spiro atoms. The second-order valence-electron chi connectivity index (χ2n) is 19.6. The molecule has 0 heterocycles. The molecule has 1 unspecified atom stereocenters. The normalized spacial score (nSPS) is 14.2. The molecule has 0 saturated heterocycles. The minimum Gasteiger partial charge on any atom is -0.310 e. The molecule has 2 aliphatic carbocycles. The minimum absolute atomic E-state index is 0.192. The van der Waals surface area contributed by atoms with Gasteiger partial charge in [-0.2, -0.15) is 0 Å². The molecule has 67 heavy (non-hydrogen) atoms. The van der Waals surface area contributed by atoms with E-state index in [-0.39, 0.29) is 11.3 Å². The summed E-state index contributed by atoms with van der Waals surface area (Å²) in [6.07, 6.45) is 0. The summed E-state index contributed by atoms with van der Waals surface area (Å²) in [4.78, 5) is 4.85. The lowest BCUT2D eigenvalue weighted by Gasteiger charge is -2.29. The van der Waals surface area contributed by atoms with Gasteiger partial charge in [0.1, 0.15) is 0 Å². The fourth-order valence-electron chi connectivity index (χ4n) is 11.5. The van der Waals surface area contributed by atoms with Crippen LogP contribution in [0.25, 0.3) is 54.9 Å². The van der Waals surface area contributed by atoms with Crippen LogP contribution in [0, 0.1) is 6.92 Å². The van der Waals surface area contributed by atoms with Crippen LogP contribution < -0.4 is 9.80 Å². The van der Waals surface area contributed by atoms with Gasteiger partial charge in [0.05, 0.1) is 11.4 Å². The van der Waals surface area contributed by atoms with E-state index in [1.807, 2.05) is 0 Å². The van der Waals surface area contributed by atoms with Gasteiger partial charge in [0.25, 0.3) is 0 Å². The molecule has 10 aromatic carbocycles. The van der Waals surface area contributed by atoms with E-state index in [1.54, 1.807) is 0 Å². The van der Waals surface area contributed by atoms with E-state index < -0.39 is 0 Å². The van der Waals surface area contributed by atoms with Crippen LogP contribution in [0.4, 0.5) is 34.1 Å². The zero-order valence-electron chi connectivity index (χ0n) is 39.2. The number of aryl methyl sites for hydroxylation is 1. The Morgan fingerprint density at radius 3 is 1.45 bits per heavy atom. The second-order valence-corrected chi connectivity index (χ2v) is 19.6. The van der Waals surface area contributed by atoms with Gasteiger partial charge in [-0.15, -0.1) is 0 Å². The van der Waals surface area contributed by atoms with Crippen molar-refractivity contribution in [2.24, 2.45) is 0 Å². The molecule has 0 aliphatic heterocycles. The SMILES string of the molecule is Cc1cc(N(c2ccccc2)c2cccc3ccccc23)ccc1-c1cc2c(cc1C(C)C)-c1cc3c(cc1C2C)-c1ccc(N(c2ccccc2)c2cccc4ccccc24)cc1C3(C)C. The van der Waals surface area contributed by atoms with Crippen LogP contribution in [-0.4, -0.2) is 0 Å². The maximum Gasteiger partial charge on any atom is 0.0540 e. The number of rotatable bonds is 8. The number of benzene rings is 10. The summed E-state index contributed by atoms with van der Waals surface area (Å²) in [5.41, 5.74) is 23.2. The zero-order chi connectivity index (χ0) is 45.6. The first-order valence-corrected chi connectivity index (χ1v) is 23.9. The van der Waals surface area contributed by atoms with Gasteiger partial charge in [0.2, 0.25) is 0 Å². The average molecular weight is 863 g/mol. The third-order valence-electron chi connectivity index (χ3n) is 15.0. The van der Waals surface area contributed by atoms with Gasteiger partial charge in [-0.1, -0.05) is 156 Å². The third-order valence-corrected chi connectivity index (χ3v) is 15.0. The minimum atomic E-state index is -0.192. The van der Waals surface area contributed by atoms with E-state index in [9.17, 15) is 0 Å². The smallest absolute Gasteiger partial charge is 0.0540 e. The van der Waals surface area contributed by atoms with E-state index in [2.05, 4.69) is 258 Å². The Bertz CT molecular complexity index is 3550. The van der Waals surface area contributed by atoms with Crippen molar-refractivity contribution in [1.29, 1.82) is 0 Å². The molecule has 2 aliphatic rings. The van der Waals surface area contributed by atoms with Crippen LogP contribution >= 0.6 is 0 Å². The van der Waals surface area contributed by atoms with Gasteiger partial charge >= 0.3 is 0 Å². The maximum absolute atomic E-state index is 2.56. The first-order chi connectivity index (χ1) is 32.7. The Morgan fingerprint density at radius 2 is 0.881 bits per heavy atom. The van der Waals surface area contributed by atoms with Crippen molar-refractivity contribution in [3.8, 4) is 33.4 Å². The predicted octanol–water partition coefficient (Wildman–Crippen LogP) is 18.5. The fraction of sp³-hybridized carbons (Fsp3) is 0.138. The van der Waals surface area contributed by atoms with E-state index in [0.717, 1.165) is 17.1 Å². The Labute approximate surface area is 395 Å². The summed E-state index contributed by atoms with van der Waals surface area (Å²) in [5, 5.41) is 4.95. The first kappa shape index (κ1) is 40.8. The molecule has 2 nitrogen and oxygen atoms in total.